The lowest BCUT2D eigenvalue weighted by Gasteiger charge is -2.21. The van der Waals surface area contributed by atoms with E-state index in [1.807, 2.05) is 24.3 Å². The predicted octanol–water partition coefficient (Wildman–Crippen LogP) is 1.64. The zero-order valence-corrected chi connectivity index (χ0v) is 12.1. The fourth-order valence-corrected chi connectivity index (χ4v) is 2.59. The molecule has 1 atom stereocenters. The third kappa shape index (κ3) is 4.40. The van der Waals surface area contributed by atoms with Crippen LogP contribution in [0.1, 0.15) is 13.3 Å². The van der Waals surface area contributed by atoms with Crippen LogP contribution < -0.4 is 10.6 Å². The zero-order valence-electron chi connectivity index (χ0n) is 11.3. The number of para-hydroxylation sites is 1. The molecule has 0 spiro atoms. The maximum Gasteiger partial charge on any atom is 0.321 e. The topological polar surface area (TPSA) is 112 Å². The molecule has 2 amide bonds. The van der Waals surface area contributed by atoms with Crippen molar-refractivity contribution >= 4 is 38.7 Å². The second-order valence-electron chi connectivity index (χ2n) is 4.86. The first-order valence-corrected chi connectivity index (χ1v) is 7.02. The van der Waals surface area contributed by atoms with Crippen molar-refractivity contribution in [2.75, 3.05) is 11.9 Å². The van der Waals surface area contributed by atoms with Gasteiger partial charge in [0.2, 0.25) is 0 Å². The van der Waals surface area contributed by atoms with E-state index in [9.17, 15) is 14.7 Å². The standard InChI is InChI=1S/C13H15N3O4S/c1-13(20,6-10(17)18)7-14-11(19)16-12-15-8-4-2-3-5-9(8)21-12/h2-5,20H,6-7H2,1H3,(H,17,18)(H2,14,15,16,19). The number of carbonyl (C=O) groups excluding carboxylic acids is 1. The first-order valence-electron chi connectivity index (χ1n) is 6.20. The van der Waals surface area contributed by atoms with E-state index in [4.69, 9.17) is 5.11 Å². The number of amides is 2. The van der Waals surface area contributed by atoms with Gasteiger partial charge in [-0.05, 0) is 19.1 Å². The van der Waals surface area contributed by atoms with E-state index >= 15 is 0 Å². The number of aliphatic hydroxyl groups is 1. The summed E-state index contributed by atoms with van der Waals surface area (Å²) in [5.41, 5.74) is -0.716. The summed E-state index contributed by atoms with van der Waals surface area (Å²) in [4.78, 5) is 26.5. The monoisotopic (exact) mass is 309 g/mol. The summed E-state index contributed by atoms with van der Waals surface area (Å²) in [7, 11) is 0. The number of carboxylic acid groups (broad SMARTS) is 1. The van der Waals surface area contributed by atoms with Gasteiger partial charge in [-0.2, -0.15) is 0 Å². The van der Waals surface area contributed by atoms with Gasteiger partial charge in [-0.3, -0.25) is 10.1 Å². The molecule has 0 aliphatic rings. The quantitative estimate of drug-likeness (QED) is 0.671. The lowest BCUT2D eigenvalue weighted by atomic mass is 10.0. The highest BCUT2D eigenvalue weighted by Gasteiger charge is 2.24. The number of benzene rings is 1. The van der Waals surface area contributed by atoms with Crippen LogP contribution in [0, 0.1) is 0 Å². The van der Waals surface area contributed by atoms with Gasteiger partial charge in [0, 0.05) is 6.54 Å². The van der Waals surface area contributed by atoms with E-state index in [1.165, 1.54) is 18.3 Å². The van der Waals surface area contributed by atoms with E-state index in [0.717, 1.165) is 10.2 Å². The van der Waals surface area contributed by atoms with Crippen LogP contribution in [0.15, 0.2) is 24.3 Å². The average molecular weight is 309 g/mol. The summed E-state index contributed by atoms with van der Waals surface area (Å²) in [6.07, 6.45) is -0.450. The van der Waals surface area contributed by atoms with Crippen molar-refractivity contribution in [3.63, 3.8) is 0 Å². The molecule has 7 nitrogen and oxygen atoms in total. The molecule has 8 heteroatoms. The Bertz CT molecular complexity index is 635. The van der Waals surface area contributed by atoms with Crippen molar-refractivity contribution in [3.05, 3.63) is 24.3 Å². The summed E-state index contributed by atoms with van der Waals surface area (Å²) in [6.45, 7) is 1.18. The van der Waals surface area contributed by atoms with Gasteiger partial charge < -0.3 is 15.5 Å². The molecule has 1 aromatic carbocycles. The van der Waals surface area contributed by atoms with E-state index in [-0.39, 0.29) is 6.54 Å². The van der Waals surface area contributed by atoms with E-state index in [1.54, 1.807) is 0 Å². The lowest BCUT2D eigenvalue weighted by molar-refractivity contribution is -0.141. The van der Waals surface area contributed by atoms with Crippen molar-refractivity contribution in [3.8, 4) is 0 Å². The SMILES string of the molecule is CC(O)(CNC(=O)Nc1nc2ccccc2s1)CC(=O)O. The van der Waals surface area contributed by atoms with Crippen LogP contribution >= 0.6 is 11.3 Å². The number of nitrogens with zero attached hydrogens (tertiary/aromatic N) is 1. The molecule has 2 aromatic rings. The Kier molecular flexibility index (Phi) is 4.39. The summed E-state index contributed by atoms with van der Waals surface area (Å²) in [6, 6.07) is 6.93. The molecule has 21 heavy (non-hydrogen) atoms. The number of thiazole rings is 1. The number of hydrogen-bond acceptors (Lipinski definition) is 5. The molecule has 1 aromatic heterocycles. The molecule has 0 saturated heterocycles. The fourth-order valence-electron chi connectivity index (χ4n) is 1.73. The average Bonchev–Trinajstić information content (AvgIpc) is 2.77. The number of aliphatic carboxylic acids is 1. The van der Waals surface area contributed by atoms with E-state index in [0.29, 0.717) is 5.13 Å². The van der Waals surface area contributed by atoms with Crippen molar-refractivity contribution in [1.82, 2.24) is 10.3 Å². The van der Waals surface area contributed by atoms with Crippen LogP contribution in [0.5, 0.6) is 0 Å². The molecule has 0 saturated carbocycles. The molecule has 0 aliphatic heterocycles. The highest BCUT2D eigenvalue weighted by Crippen LogP contribution is 2.25. The molecule has 0 bridgehead atoms. The Morgan fingerprint density at radius 3 is 2.76 bits per heavy atom. The molecule has 0 aliphatic carbocycles. The highest BCUT2D eigenvalue weighted by molar-refractivity contribution is 7.22. The van der Waals surface area contributed by atoms with E-state index < -0.39 is 24.0 Å². The Morgan fingerprint density at radius 2 is 2.10 bits per heavy atom. The van der Waals surface area contributed by atoms with Gasteiger partial charge in [-0.1, -0.05) is 23.5 Å². The fraction of sp³-hybridized carbons (Fsp3) is 0.308. The maximum atomic E-state index is 11.7. The Balaban J connectivity index is 1.91. The van der Waals surface area contributed by atoms with E-state index in [2.05, 4.69) is 15.6 Å². The molecule has 0 radical (unpaired) electrons. The minimum atomic E-state index is -1.50. The van der Waals surface area contributed by atoms with Crippen LogP contribution in [0.2, 0.25) is 0 Å². The number of nitrogens with one attached hydrogen (secondary N) is 2. The predicted molar refractivity (Wildman–Crippen MR) is 79.5 cm³/mol. The van der Waals surface area contributed by atoms with Crippen LogP contribution in [-0.2, 0) is 4.79 Å². The van der Waals surface area contributed by atoms with Crippen molar-refractivity contribution in [2.24, 2.45) is 0 Å². The number of carbonyl (C=O) groups is 2. The summed E-state index contributed by atoms with van der Waals surface area (Å²) >= 11 is 1.33. The largest absolute Gasteiger partial charge is 0.481 e. The number of anilines is 1. The van der Waals surface area contributed by atoms with Crippen molar-refractivity contribution < 1.29 is 19.8 Å². The van der Waals surface area contributed by atoms with Crippen LogP contribution in [-0.4, -0.2) is 39.3 Å². The number of aromatic nitrogens is 1. The van der Waals surface area contributed by atoms with Crippen LogP contribution in [0.25, 0.3) is 10.2 Å². The number of hydrogen-bond donors (Lipinski definition) is 4. The number of carboxylic acids is 1. The summed E-state index contributed by atoms with van der Waals surface area (Å²) in [5, 5.41) is 23.8. The minimum absolute atomic E-state index is 0.171. The highest BCUT2D eigenvalue weighted by atomic mass is 32.1. The van der Waals surface area contributed by atoms with Crippen molar-refractivity contribution in [1.29, 1.82) is 0 Å². The van der Waals surface area contributed by atoms with Gasteiger partial charge in [0.05, 0.1) is 22.2 Å². The molecule has 4 N–H and O–H groups in total. The maximum absolute atomic E-state index is 11.7. The second kappa shape index (κ2) is 6.06. The molecule has 2 rings (SSSR count). The van der Waals surface area contributed by atoms with Gasteiger partial charge in [0.15, 0.2) is 5.13 Å². The Hall–Kier alpha value is -2.19. The molecule has 1 unspecified atom stereocenters. The Labute approximate surface area is 124 Å². The second-order valence-corrected chi connectivity index (χ2v) is 5.89. The van der Waals surface area contributed by atoms with Crippen LogP contribution in [0.4, 0.5) is 9.93 Å². The van der Waals surface area contributed by atoms with Gasteiger partial charge in [0.1, 0.15) is 0 Å². The number of rotatable bonds is 5. The third-order valence-corrected chi connectivity index (χ3v) is 3.63. The van der Waals surface area contributed by atoms with Gasteiger partial charge >= 0.3 is 12.0 Å². The van der Waals surface area contributed by atoms with Crippen LogP contribution in [0.3, 0.4) is 0 Å². The number of urea groups is 1. The smallest absolute Gasteiger partial charge is 0.321 e. The summed E-state index contributed by atoms with van der Waals surface area (Å²) < 4.78 is 0.950. The molecule has 1 heterocycles. The first-order chi connectivity index (χ1) is 9.85. The summed E-state index contributed by atoms with van der Waals surface area (Å²) in [5.74, 6) is -1.13. The lowest BCUT2D eigenvalue weighted by Crippen LogP contribution is -2.43. The molecule has 0 fully saturated rings. The molecular formula is C13H15N3O4S. The molecular weight excluding hydrogens is 294 g/mol. The Morgan fingerprint density at radius 1 is 1.38 bits per heavy atom. The third-order valence-electron chi connectivity index (χ3n) is 2.68. The van der Waals surface area contributed by atoms with Crippen molar-refractivity contribution in [2.45, 2.75) is 18.9 Å². The van der Waals surface area contributed by atoms with Gasteiger partial charge in [0.25, 0.3) is 0 Å². The van der Waals surface area contributed by atoms with Gasteiger partial charge in [-0.25, -0.2) is 9.78 Å². The van der Waals surface area contributed by atoms with Gasteiger partial charge in [-0.15, -0.1) is 0 Å². The molecule has 112 valence electrons. The zero-order chi connectivity index (χ0) is 15.5. The normalized spacial score (nSPS) is 13.6. The number of fused-ring (bicyclic) bond motifs is 1. The first kappa shape index (κ1) is 15.2. The minimum Gasteiger partial charge on any atom is -0.481 e.